The van der Waals surface area contributed by atoms with E-state index in [1.165, 1.54) is 0 Å². The lowest BCUT2D eigenvalue weighted by Crippen LogP contribution is -2.17. The van der Waals surface area contributed by atoms with E-state index in [1.807, 2.05) is 42.5 Å². The number of fused-ring (bicyclic) bond motifs is 1. The first-order valence-corrected chi connectivity index (χ1v) is 7.24. The van der Waals surface area contributed by atoms with Gasteiger partial charge in [-0.25, -0.2) is 4.79 Å². The summed E-state index contributed by atoms with van der Waals surface area (Å²) in [7, 11) is 2.64. The Kier molecular flexibility index (Phi) is 3.72. The summed E-state index contributed by atoms with van der Waals surface area (Å²) < 4.78 is 1.72. The van der Waals surface area contributed by atoms with E-state index in [2.05, 4.69) is 14.2 Å². The lowest BCUT2D eigenvalue weighted by Gasteiger charge is -2.05. The van der Waals surface area contributed by atoms with Crippen LogP contribution in [0.3, 0.4) is 0 Å². The van der Waals surface area contributed by atoms with Crippen molar-refractivity contribution in [2.45, 2.75) is 13.0 Å². The van der Waals surface area contributed by atoms with Gasteiger partial charge >= 0.3 is 5.69 Å². The second-order valence-corrected chi connectivity index (χ2v) is 5.65. The van der Waals surface area contributed by atoms with Crippen LogP contribution in [0, 0.1) is 0 Å². The zero-order chi connectivity index (χ0) is 14.8. The predicted molar refractivity (Wildman–Crippen MR) is 87.2 cm³/mol. The summed E-state index contributed by atoms with van der Waals surface area (Å²) in [6.07, 6.45) is 1.31. The Balaban J connectivity index is 1.97. The van der Waals surface area contributed by atoms with Gasteiger partial charge in [0.1, 0.15) is 6.29 Å². The molecule has 0 aliphatic rings. The van der Waals surface area contributed by atoms with Gasteiger partial charge in [0.15, 0.2) is 0 Å². The maximum Gasteiger partial charge on any atom is 0.326 e. The van der Waals surface area contributed by atoms with Crippen LogP contribution in [-0.2, 0) is 17.8 Å². The number of aromatic nitrogens is 2. The summed E-state index contributed by atoms with van der Waals surface area (Å²) in [4.78, 5) is 25.4. The fraction of sp³-hybridized carbons (Fsp3) is 0.125. The second-order valence-electron chi connectivity index (χ2n) is 4.98. The minimum Gasteiger partial charge on any atom is -0.306 e. The number of aldehydes is 1. The zero-order valence-electron chi connectivity index (χ0n) is 11.4. The molecule has 0 spiro atoms. The molecule has 1 atom stereocenters. The van der Waals surface area contributed by atoms with Gasteiger partial charge in [-0.15, -0.1) is 9.24 Å². The number of nitrogens with zero attached hydrogens (tertiary/aromatic N) is 1. The molecule has 0 aliphatic carbocycles. The van der Waals surface area contributed by atoms with Crippen LogP contribution in [0.15, 0.2) is 47.3 Å². The molecule has 5 heteroatoms. The molecule has 1 unspecified atom stereocenters. The summed E-state index contributed by atoms with van der Waals surface area (Å²) in [6, 6.07) is 13.6. The number of hydrogen-bond acceptors (Lipinski definition) is 2. The molecular weight excluding hydrogens is 283 g/mol. The van der Waals surface area contributed by atoms with Crippen LogP contribution in [-0.4, -0.2) is 15.8 Å². The van der Waals surface area contributed by atoms with Gasteiger partial charge in [-0.2, -0.15) is 0 Å². The molecule has 4 nitrogen and oxygen atoms in total. The van der Waals surface area contributed by atoms with E-state index >= 15 is 0 Å². The maximum absolute atomic E-state index is 12.1. The smallest absolute Gasteiger partial charge is 0.306 e. The van der Waals surface area contributed by atoms with Crippen LogP contribution in [0.4, 0.5) is 0 Å². The summed E-state index contributed by atoms with van der Waals surface area (Å²) in [5.74, 6) is 0. The third-order valence-corrected chi connectivity index (χ3v) is 3.84. The van der Waals surface area contributed by atoms with Gasteiger partial charge < -0.3 is 9.78 Å². The number of benzene rings is 2. The third-order valence-electron chi connectivity index (χ3n) is 3.48. The lowest BCUT2D eigenvalue weighted by molar-refractivity contribution is -0.107. The molecule has 0 aliphatic heterocycles. The summed E-state index contributed by atoms with van der Waals surface area (Å²) in [6.45, 7) is 0.508. The van der Waals surface area contributed by atoms with Gasteiger partial charge in [0.05, 0.1) is 17.6 Å². The molecule has 3 aromatic rings. The normalized spacial score (nSPS) is 10.9. The van der Waals surface area contributed by atoms with Crippen LogP contribution in [0.25, 0.3) is 11.0 Å². The van der Waals surface area contributed by atoms with E-state index in [0.717, 1.165) is 33.8 Å². The number of imidazole rings is 1. The molecule has 0 saturated heterocycles. The number of hydrogen-bond donors (Lipinski definition) is 1. The monoisotopic (exact) mass is 298 g/mol. The molecule has 21 heavy (non-hydrogen) atoms. The minimum absolute atomic E-state index is 0.113. The standard InChI is InChI=1S/C16H15N2O2P/c19-8-7-11-1-3-12(4-2-11)10-18-15-9-13(21)5-6-14(15)17-16(18)20/h1-6,8-9H,7,10,21H2,(H,17,20). The van der Waals surface area contributed by atoms with Gasteiger partial charge in [0.2, 0.25) is 0 Å². The van der Waals surface area contributed by atoms with E-state index < -0.39 is 0 Å². The van der Waals surface area contributed by atoms with Gasteiger partial charge in [-0.3, -0.25) is 4.57 Å². The van der Waals surface area contributed by atoms with E-state index in [9.17, 15) is 9.59 Å². The van der Waals surface area contributed by atoms with Crippen molar-refractivity contribution in [3.05, 3.63) is 64.1 Å². The minimum atomic E-state index is -0.113. The SMILES string of the molecule is O=CCc1ccc(Cn2c(=O)[nH]c3ccc(P)cc32)cc1. The van der Waals surface area contributed by atoms with Crippen molar-refractivity contribution in [2.75, 3.05) is 0 Å². The quantitative estimate of drug-likeness (QED) is 0.588. The van der Waals surface area contributed by atoms with Crippen LogP contribution in [0.1, 0.15) is 11.1 Å². The Hall–Kier alpha value is -2.19. The van der Waals surface area contributed by atoms with Crippen molar-refractivity contribution in [2.24, 2.45) is 0 Å². The van der Waals surface area contributed by atoms with E-state index in [-0.39, 0.29) is 5.69 Å². The second kappa shape index (κ2) is 5.66. The summed E-state index contributed by atoms with van der Waals surface area (Å²) >= 11 is 0. The Morgan fingerprint density at radius 2 is 1.81 bits per heavy atom. The number of aromatic amines is 1. The maximum atomic E-state index is 12.1. The van der Waals surface area contributed by atoms with Crippen LogP contribution in [0.5, 0.6) is 0 Å². The molecule has 0 saturated carbocycles. The van der Waals surface area contributed by atoms with Crippen molar-refractivity contribution in [1.82, 2.24) is 9.55 Å². The number of carbonyl (C=O) groups is 1. The molecule has 3 rings (SSSR count). The van der Waals surface area contributed by atoms with Crippen molar-refractivity contribution in [3.63, 3.8) is 0 Å². The number of rotatable bonds is 4. The average Bonchev–Trinajstić information content (AvgIpc) is 2.77. The molecule has 0 radical (unpaired) electrons. The molecular formula is C16H15N2O2P. The van der Waals surface area contributed by atoms with E-state index in [0.29, 0.717) is 13.0 Å². The Labute approximate surface area is 124 Å². The highest BCUT2D eigenvalue weighted by atomic mass is 31.0. The fourth-order valence-corrected chi connectivity index (χ4v) is 2.64. The Morgan fingerprint density at radius 1 is 1.10 bits per heavy atom. The molecule has 1 aromatic heterocycles. The van der Waals surface area contributed by atoms with E-state index in [1.54, 1.807) is 4.57 Å². The van der Waals surface area contributed by atoms with Crippen LogP contribution in [0.2, 0.25) is 0 Å². The Bertz CT molecular complexity index is 847. The molecule has 1 N–H and O–H groups in total. The highest BCUT2D eigenvalue weighted by Gasteiger charge is 2.07. The number of nitrogens with one attached hydrogen (secondary N) is 1. The van der Waals surface area contributed by atoms with Crippen molar-refractivity contribution >= 4 is 31.9 Å². The first-order valence-electron chi connectivity index (χ1n) is 6.67. The van der Waals surface area contributed by atoms with Crippen molar-refractivity contribution in [3.8, 4) is 0 Å². The Morgan fingerprint density at radius 3 is 2.52 bits per heavy atom. The topological polar surface area (TPSA) is 54.9 Å². The molecule has 0 bridgehead atoms. The first-order chi connectivity index (χ1) is 10.2. The predicted octanol–water partition coefficient (Wildman–Crippen LogP) is 1.62. The average molecular weight is 298 g/mol. The largest absolute Gasteiger partial charge is 0.326 e. The molecule has 0 amide bonds. The highest BCUT2D eigenvalue weighted by molar-refractivity contribution is 7.27. The number of H-pyrrole nitrogens is 1. The van der Waals surface area contributed by atoms with Gasteiger partial charge in [-0.05, 0) is 28.6 Å². The zero-order valence-corrected chi connectivity index (χ0v) is 12.5. The molecule has 106 valence electrons. The van der Waals surface area contributed by atoms with Crippen molar-refractivity contribution < 1.29 is 4.79 Å². The molecule has 2 aromatic carbocycles. The first kappa shape index (κ1) is 13.8. The third kappa shape index (κ3) is 2.81. The van der Waals surface area contributed by atoms with Crippen LogP contribution < -0.4 is 11.0 Å². The van der Waals surface area contributed by atoms with Gasteiger partial charge in [0.25, 0.3) is 0 Å². The number of carbonyl (C=O) groups excluding carboxylic acids is 1. The fourth-order valence-electron chi connectivity index (χ4n) is 2.39. The van der Waals surface area contributed by atoms with Gasteiger partial charge in [-0.1, -0.05) is 30.3 Å². The summed E-state index contributed by atoms with van der Waals surface area (Å²) in [5, 5.41) is 1.04. The highest BCUT2D eigenvalue weighted by Crippen LogP contribution is 2.12. The van der Waals surface area contributed by atoms with Crippen LogP contribution >= 0.6 is 9.24 Å². The summed E-state index contributed by atoms with van der Waals surface area (Å²) in [5.41, 5.74) is 3.62. The molecule has 0 fully saturated rings. The lowest BCUT2D eigenvalue weighted by atomic mass is 10.1. The van der Waals surface area contributed by atoms with Crippen molar-refractivity contribution in [1.29, 1.82) is 0 Å². The van der Waals surface area contributed by atoms with E-state index in [4.69, 9.17) is 0 Å². The van der Waals surface area contributed by atoms with Gasteiger partial charge in [0, 0.05) is 6.42 Å². The molecule has 1 heterocycles.